The molecule has 2 rings (SSSR count). The largest absolute Gasteiger partial charge is 0.507 e. The van der Waals surface area contributed by atoms with Gasteiger partial charge >= 0.3 is 0 Å². The third kappa shape index (κ3) is 1.66. The topological polar surface area (TPSA) is 50.9 Å². The van der Waals surface area contributed by atoms with Crippen molar-refractivity contribution in [2.45, 2.75) is 0 Å². The van der Waals surface area contributed by atoms with Crippen LogP contribution in [0.25, 0.3) is 11.3 Å². The first kappa shape index (κ1) is 9.92. The lowest BCUT2D eigenvalue weighted by molar-refractivity contribution is 0.470. The summed E-state index contributed by atoms with van der Waals surface area (Å²) in [6.45, 7) is 0. The van der Waals surface area contributed by atoms with Crippen LogP contribution in [-0.4, -0.2) is 20.1 Å². The first-order chi connectivity index (χ1) is 7.09. The van der Waals surface area contributed by atoms with E-state index in [0.29, 0.717) is 11.3 Å². The summed E-state index contributed by atoms with van der Waals surface area (Å²) >= 11 is 5.62. The Morgan fingerprint density at radius 3 is 2.80 bits per heavy atom. The molecule has 0 saturated carbocycles. The van der Waals surface area contributed by atoms with Crippen LogP contribution in [0.15, 0.2) is 18.3 Å². The lowest BCUT2D eigenvalue weighted by atomic mass is 10.1. The molecular weight excluding hydrogens is 221 g/mol. The molecule has 15 heavy (non-hydrogen) atoms. The molecule has 1 aromatic heterocycles. The second-order valence-electron chi connectivity index (χ2n) is 3.03. The maximum Gasteiger partial charge on any atom is 0.145 e. The predicted octanol–water partition coefficient (Wildman–Crippen LogP) is 1.98. The zero-order valence-electron chi connectivity index (χ0n) is 7.78. The van der Waals surface area contributed by atoms with Gasteiger partial charge in [-0.3, -0.25) is 0 Å². The zero-order valence-corrected chi connectivity index (χ0v) is 8.53. The van der Waals surface area contributed by atoms with Crippen molar-refractivity contribution in [2.75, 3.05) is 0 Å². The van der Waals surface area contributed by atoms with Gasteiger partial charge in [-0.15, -0.1) is 5.10 Å². The van der Waals surface area contributed by atoms with Crippen LogP contribution in [0.3, 0.4) is 0 Å². The monoisotopic (exact) mass is 227 g/mol. The van der Waals surface area contributed by atoms with Crippen LogP contribution in [0.4, 0.5) is 4.39 Å². The fraction of sp³-hybridized carbons (Fsp3) is 0.111. The molecule has 0 atom stereocenters. The van der Waals surface area contributed by atoms with E-state index < -0.39 is 5.82 Å². The molecule has 4 nitrogen and oxygen atoms in total. The van der Waals surface area contributed by atoms with Crippen molar-refractivity contribution in [1.82, 2.24) is 15.0 Å². The third-order valence-corrected chi connectivity index (χ3v) is 2.32. The van der Waals surface area contributed by atoms with E-state index in [4.69, 9.17) is 11.6 Å². The fourth-order valence-corrected chi connectivity index (χ4v) is 1.44. The third-order valence-electron chi connectivity index (χ3n) is 2.03. The number of aromatic hydroxyl groups is 1. The molecule has 0 amide bonds. The minimum absolute atomic E-state index is 0.0519. The Morgan fingerprint density at radius 1 is 1.47 bits per heavy atom. The predicted molar refractivity (Wildman–Crippen MR) is 53.1 cm³/mol. The van der Waals surface area contributed by atoms with Gasteiger partial charge in [-0.25, -0.2) is 9.07 Å². The number of rotatable bonds is 1. The molecule has 0 aliphatic carbocycles. The summed E-state index contributed by atoms with van der Waals surface area (Å²) in [5.74, 6) is -0.852. The van der Waals surface area contributed by atoms with Crippen LogP contribution in [0, 0.1) is 5.82 Å². The Labute approximate surface area is 89.9 Å². The Hall–Kier alpha value is -1.62. The lowest BCUT2D eigenvalue weighted by Crippen LogP contribution is -1.94. The highest BCUT2D eigenvalue weighted by Crippen LogP contribution is 2.32. The van der Waals surface area contributed by atoms with E-state index in [2.05, 4.69) is 10.3 Å². The van der Waals surface area contributed by atoms with Crippen LogP contribution in [0.5, 0.6) is 5.75 Å². The first-order valence-electron chi connectivity index (χ1n) is 4.12. The number of aryl methyl sites for hydroxylation is 1. The summed E-state index contributed by atoms with van der Waals surface area (Å²) in [7, 11) is 1.67. The summed E-state index contributed by atoms with van der Waals surface area (Å²) in [6, 6.07) is 2.30. The van der Waals surface area contributed by atoms with Crippen LogP contribution in [0.2, 0.25) is 5.02 Å². The van der Waals surface area contributed by atoms with Crippen LogP contribution in [-0.2, 0) is 7.05 Å². The number of hydrogen-bond donors (Lipinski definition) is 1. The van der Waals surface area contributed by atoms with E-state index in [1.807, 2.05) is 0 Å². The minimum Gasteiger partial charge on any atom is -0.507 e. The SMILES string of the molecule is Cn1nncc1-c1cc(Cl)c(F)cc1O. The highest BCUT2D eigenvalue weighted by Gasteiger charge is 2.12. The van der Waals surface area contributed by atoms with Gasteiger partial charge in [-0.1, -0.05) is 16.8 Å². The van der Waals surface area contributed by atoms with Crippen LogP contribution in [0.1, 0.15) is 0 Å². The van der Waals surface area contributed by atoms with E-state index in [0.717, 1.165) is 6.07 Å². The van der Waals surface area contributed by atoms with Gasteiger partial charge in [-0.2, -0.15) is 0 Å². The van der Waals surface area contributed by atoms with Crippen molar-refractivity contribution in [3.8, 4) is 17.0 Å². The van der Waals surface area contributed by atoms with Crippen molar-refractivity contribution in [1.29, 1.82) is 0 Å². The number of halogens is 2. The van der Waals surface area contributed by atoms with Gasteiger partial charge in [0.1, 0.15) is 11.6 Å². The number of phenolic OH excluding ortho intramolecular Hbond substituents is 1. The summed E-state index contributed by atoms with van der Waals surface area (Å²) in [6.07, 6.45) is 1.46. The maximum atomic E-state index is 13.0. The minimum atomic E-state index is -0.659. The van der Waals surface area contributed by atoms with Gasteiger partial charge in [0.2, 0.25) is 0 Å². The van der Waals surface area contributed by atoms with E-state index in [1.165, 1.54) is 16.9 Å². The molecule has 0 radical (unpaired) electrons. The molecule has 0 aliphatic heterocycles. The Kier molecular flexibility index (Phi) is 2.32. The Bertz CT molecular complexity index is 512. The maximum absolute atomic E-state index is 13.0. The first-order valence-corrected chi connectivity index (χ1v) is 4.50. The molecule has 0 unspecified atom stereocenters. The molecule has 0 spiro atoms. The molecule has 1 N–H and O–H groups in total. The second kappa shape index (κ2) is 3.51. The van der Waals surface area contributed by atoms with Crippen molar-refractivity contribution in [3.63, 3.8) is 0 Å². The molecule has 78 valence electrons. The molecule has 2 aromatic rings. The molecular formula is C9H7ClFN3O. The average Bonchev–Trinajstić information content (AvgIpc) is 2.58. The summed E-state index contributed by atoms with van der Waals surface area (Å²) in [5, 5.41) is 16.9. The number of benzene rings is 1. The van der Waals surface area contributed by atoms with Gasteiger partial charge in [-0.05, 0) is 6.07 Å². The van der Waals surface area contributed by atoms with Crippen molar-refractivity contribution < 1.29 is 9.50 Å². The lowest BCUT2D eigenvalue weighted by Gasteiger charge is -2.05. The van der Waals surface area contributed by atoms with E-state index in [9.17, 15) is 9.50 Å². The standard InChI is InChI=1S/C9H7ClFN3O/c1-14-8(4-12-13-14)5-2-6(10)7(11)3-9(5)15/h2-4,15H,1H3. The smallest absolute Gasteiger partial charge is 0.145 e. The molecule has 1 aromatic carbocycles. The molecule has 1 heterocycles. The Balaban J connectivity index is 2.64. The van der Waals surface area contributed by atoms with Gasteiger partial charge in [0, 0.05) is 18.7 Å². The number of nitrogens with zero attached hydrogens (tertiary/aromatic N) is 3. The van der Waals surface area contributed by atoms with Crippen molar-refractivity contribution in [2.24, 2.45) is 7.05 Å². The summed E-state index contributed by atoms with van der Waals surface area (Å²) in [5.41, 5.74) is 0.961. The number of aromatic nitrogens is 3. The molecule has 6 heteroatoms. The Morgan fingerprint density at radius 2 is 2.20 bits per heavy atom. The summed E-state index contributed by atoms with van der Waals surface area (Å²) < 4.78 is 14.4. The van der Waals surface area contributed by atoms with Crippen molar-refractivity contribution in [3.05, 3.63) is 29.2 Å². The molecule has 0 saturated heterocycles. The highest BCUT2D eigenvalue weighted by molar-refractivity contribution is 6.31. The molecule has 0 bridgehead atoms. The van der Waals surface area contributed by atoms with E-state index in [1.54, 1.807) is 7.05 Å². The van der Waals surface area contributed by atoms with Crippen molar-refractivity contribution >= 4 is 11.6 Å². The number of phenols is 1. The average molecular weight is 228 g/mol. The normalized spacial score (nSPS) is 10.6. The van der Waals surface area contributed by atoms with Crippen LogP contribution < -0.4 is 0 Å². The number of hydrogen-bond acceptors (Lipinski definition) is 3. The second-order valence-corrected chi connectivity index (χ2v) is 3.43. The zero-order chi connectivity index (χ0) is 11.0. The van der Waals surface area contributed by atoms with Gasteiger partial charge in [0.25, 0.3) is 0 Å². The van der Waals surface area contributed by atoms with Gasteiger partial charge in [0.15, 0.2) is 0 Å². The highest BCUT2D eigenvalue weighted by atomic mass is 35.5. The van der Waals surface area contributed by atoms with Crippen LogP contribution >= 0.6 is 11.6 Å². The molecule has 0 aliphatic rings. The fourth-order valence-electron chi connectivity index (χ4n) is 1.28. The molecule has 0 fully saturated rings. The van der Waals surface area contributed by atoms with Gasteiger partial charge in [0.05, 0.1) is 16.9 Å². The quantitative estimate of drug-likeness (QED) is 0.811. The van der Waals surface area contributed by atoms with E-state index >= 15 is 0 Å². The van der Waals surface area contributed by atoms with E-state index in [-0.39, 0.29) is 10.8 Å². The summed E-state index contributed by atoms with van der Waals surface area (Å²) in [4.78, 5) is 0. The van der Waals surface area contributed by atoms with Gasteiger partial charge < -0.3 is 5.11 Å².